The van der Waals surface area contributed by atoms with E-state index in [1.807, 2.05) is 42.1 Å². The molecule has 1 aromatic carbocycles. The Morgan fingerprint density at radius 2 is 2.38 bits per heavy atom. The van der Waals surface area contributed by atoms with Gasteiger partial charge in [-0.25, -0.2) is 0 Å². The summed E-state index contributed by atoms with van der Waals surface area (Å²) in [5, 5.41) is 7.31. The number of nitrogens with zero attached hydrogens (tertiary/aromatic N) is 2. The maximum Gasteiger partial charge on any atom is 0.251 e. The van der Waals surface area contributed by atoms with Crippen molar-refractivity contribution in [3.05, 3.63) is 52.8 Å². The summed E-state index contributed by atoms with van der Waals surface area (Å²) in [6.45, 7) is 4.63. The van der Waals surface area contributed by atoms with Crippen molar-refractivity contribution in [2.24, 2.45) is 0 Å². The lowest BCUT2D eigenvalue weighted by Crippen LogP contribution is -2.28. The molecule has 0 aliphatic carbocycles. The van der Waals surface area contributed by atoms with E-state index in [9.17, 15) is 4.79 Å². The van der Waals surface area contributed by atoms with E-state index in [-0.39, 0.29) is 5.91 Å². The number of amides is 1. The van der Waals surface area contributed by atoms with Crippen LogP contribution < -0.4 is 5.32 Å². The molecule has 1 amide bonds. The maximum atomic E-state index is 12.1. The molecule has 1 aromatic heterocycles. The Morgan fingerprint density at radius 1 is 1.48 bits per heavy atom. The molecular weight excluding hydrogens is 266 g/mol. The highest BCUT2D eigenvalue weighted by atomic mass is 16.5. The lowest BCUT2D eigenvalue weighted by Gasteiger charge is -2.14. The van der Waals surface area contributed by atoms with Gasteiger partial charge < -0.3 is 10.1 Å². The molecule has 5 nitrogen and oxygen atoms in total. The van der Waals surface area contributed by atoms with E-state index in [0.717, 1.165) is 24.2 Å². The van der Waals surface area contributed by atoms with Gasteiger partial charge in [0.25, 0.3) is 5.91 Å². The van der Waals surface area contributed by atoms with Crippen molar-refractivity contribution in [1.29, 1.82) is 0 Å². The zero-order valence-electron chi connectivity index (χ0n) is 12.1. The Morgan fingerprint density at radius 3 is 3.24 bits per heavy atom. The van der Waals surface area contributed by atoms with Crippen LogP contribution in [-0.2, 0) is 24.3 Å². The molecule has 1 aliphatic rings. The Balaban J connectivity index is 1.56. The van der Waals surface area contributed by atoms with E-state index in [1.165, 1.54) is 5.69 Å². The van der Waals surface area contributed by atoms with E-state index in [4.69, 9.17) is 4.74 Å². The number of carbonyl (C=O) groups is 1. The zero-order chi connectivity index (χ0) is 14.7. The predicted molar refractivity (Wildman–Crippen MR) is 79.1 cm³/mol. The molecule has 2 heterocycles. The molecule has 1 aliphatic heterocycles. The third kappa shape index (κ3) is 3.13. The second kappa shape index (κ2) is 6.10. The topological polar surface area (TPSA) is 56.2 Å². The number of aryl methyl sites for hydroxylation is 1. The van der Waals surface area contributed by atoms with Crippen molar-refractivity contribution in [2.45, 2.75) is 26.5 Å². The number of fused-ring (bicyclic) bond motifs is 1. The number of carbonyl (C=O) groups excluding carboxylic acids is 1. The Kier molecular flexibility index (Phi) is 4.01. The number of hydrogen-bond acceptors (Lipinski definition) is 3. The van der Waals surface area contributed by atoms with Crippen LogP contribution in [0.3, 0.4) is 0 Å². The largest absolute Gasteiger partial charge is 0.376 e. The van der Waals surface area contributed by atoms with Crippen LogP contribution >= 0.6 is 0 Å². The van der Waals surface area contributed by atoms with Gasteiger partial charge in [0.1, 0.15) is 0 Å². The van der Waals surface area contributed by atoms with E-state index in [0.29, 0.717) is 25.3 Å². The summed E-state index contributed by atoms with van der Waals surface area (Å²) in [7, 11) is 0. The van der Waals surface area contributed by atoms with Crippen LogP contribution in [0.15, 0.2) is 30.5 Å². The van der Waals surface area contributed by atoms with Crippen molar-refractivity contribution >= 4 is 5.91 Å². The molecule has 0 bridgehead atoms. The second-order valence-electron chi connectivity index (χ2n) is 5.27. The predicted octanol–water partition coefficient (Wildman–Crippen LogP) is 1.69. The molecule has 0 spiro atoms. The van der Waals surface area contributed by atoms with Crippen molar-refractivity contribution in [2.75, 3.05) is 13.2 Å². The van der Waals surface area contributed by atoms with Gasteiger partial charge in [-0.05, 0) is 19.1 Å². The summed E-state index contributed by atoms with van der Waals surface area (Å²) in [6.07, 6.45) is 2.75. The van der Waals surface area contributed by atoms with Crippen molar-refractivity contribution < 1.29 is 9.53 Å². The summed E-state index contributed by atoms with van der Waals surface area (Å²) in [5.74, 6) is -0.0388. The fraction of sp³-hybridized carbons (Fsp3) is 0.375. The van der Waals surface area contributed by atoms with Gasteiger partial charge in [0.2, 0.25) is 0 Å². The van der Waals surface area contributed by atoms with Crippen molar-refractivity contribution in [3.8, 4) is 0 Å². The molecule has 3 rings (SSSR count). The average Bonchev–Trinajstić information content (AvgIpc) is 2.91. The molecule has 0 radical (unpaired) electrons. The molecular formula is C16H19N3O2. The lowest BCUT2D eigenvalue weighted by atomic mass is 10.1. The van der Waals surface area contributed by atoms with Gasteiger partial charge in [-0.3, -0.25) is 9.48 Å². The molecule has 21 heavy (non-hydrogen) atoms. The molecule has 5 heteroatoms. The van der Waals surface area contributed by atoms with Gasteiger partial charge in [-0.2, -0.15) is 5.10 Å². The highest BCUT2D eigenvalue weighted by molar-refractivity contribution is 5.94. The number of nitrogens with one attached hydrogen (secondary N) is 1. The normalized spacial score (nSPS) is 13.8. The van der Waals surface area contributed by atoms with Crippen LogP contribution in [0.2, 0.25) is 0 Å². The fourth-order valence-corrected chi connectivity index (χ4v) is 2.57. The standard InChI is InChI=1S/C16H19N3O2/c1-12-3-2-4-13(9-12)16(20)17-6-7-19-15-5-8-21-11-14(15)10-18-19/h2-4,9-10H,5-8,11H2,1H3,(H,17,20). The molecule has 0 unspecified atom stereocenters. The van der Waals surface area contributed by atoms with Crippen LogP contribution in [0.1, 0.15) is 27.2 Å². The minimum absolute atomic E-state index is 0.0388. The first-order valence-electron chi connectivity index (χ1n) is 7.20. The quantitative estimate of drug-likeness (QED) is 0.930. The minimum Gasteiger partial charge on any atom is -0.376 e. The van der Waals surface area contributed by atoms with Crippen LogP contribution in [0.25, 0.3) is 0 Å². The van der Waals surface area contributed by atoms with Gasteiger partial charge in [-0.15, -0.1) is 0 Å². The highest BCUT2D eigenvalue weighted by Crippen LogP contribution is 2.15. The van der Waals surface area contributed by atoms with Crippen molar-refractivity contribution in [3.63, 3.8) is 0 Å². The Bertz CT molecular complexity index is 649. The summed E-state index contributed by atoms with van der Waals surface area (Å²) in [6, 6.07) is 7.60. The summed E-state index contributed by atoms with van der Waals surface area (Å²) >= 11 is 0. The molecule has 1 N–H and O–H groups in total. The highest BCUT2D eigenvalue weighted by Gasteiger charge is 2.15. The van der Waals surface area contributed by atoms with Crippen LogP contribution in [0.4, 0.5) is 0 Å². The monoisotopic (exact) mass is 285 g/mol. The zero-order valence-corrected chi connectivity index (χ0v) is 12.1. The number of rotatable bonds is 4. The number of hydrogen-bond donors (Lipinski definition) is 1. The number of benzene rings is 1. The third-order valence-electron chi connectivity index (χ3n) is 3.67. The van der Waals surface area contributed by atoms with Gasteiger partial charge in [-0.1, -0.05) is 17.7 Å². The molecule has 0 fully saturated rings. The van der Waals surface area contributed by atoms with E-state index in [1.54, 1.807) is 0 Å². The van der Waals surface area contributed by atoms with E-state index >= 15 is 0 Å². The minimum atomic E-state index is -0.0388. The van der Waals surface area contributed by atoms with Gasteiger partial charge in [0, 0.05) is 29.8 Å². The van der Waals surface area contributed by atoms with E-state index in [2.05, 4.69) is 10.4 Å². The smallest absolute Gasteiger partial charge is 0.251 e. The van der Waals surface area contributed by atoms with E-state index < -0.39 is 0 Å². The first-order valence-corrected chi connectivity index (χ1v) is 7.20. The summed E-state index contributed by atoms with van der Waals surface area (Å²) in [4.78, 5) is 12.1. The molecule has 0 saturated carbocycles. The molecule has 0 atom stereocenters. The van der Waals surface area contributed by atoms with Gasteiger partial charge >= 0.3 is 0 Å². The summed E-state index contributed by atoms with van der Waals surface area (Å²) in [5.41, 5.74) is 4.17. The SMILES string of the molecule is Cc1cccc(C(=O)NCCn2ncc3c2CCOC3)c1. The maximum absolute atomic E-state index is 12.1. The Labute approximate surface area is 123 Å². The summed E-state index contributed by atoms with van der Waals surface area (Å²) < 4.78 is 7.36. The first-order chi connectivity index (χ1) is 10.2. The van der Waals surface area contributed by atoms with Gasteiger partial charge in [0.05, 0.1) is 26.0 Å². The Hall–Kier alpha value is -2.14. The lowest BCUT2D eigenvalue weighted by molar-refractivity contribution is 0.0950. The fourth-order valence-electron chi connectivity index (χ4n) is 2.57. The van der Waals surface area contributed by atoms with Crippen LogP contribution in [-0.4, -0.2) is 28.8 Å². The third-order valence-corrected chi connectivity index (χ3v) is 3.67. The van der Waals surface area contributed by atoms with Crippen LogP contribution in [0, 0.1) is 6.92 Å². The van der Waals surface area contributed by atoms with Crippen molar-refractivity contribution in [1.82, 2.24) is 15.1 Å². The molecule has 0 saturated heterocycles. The molecule has 110 valence electrons. The molecule has 2 aromatic rings. The number of ether oxygens (including phenoxy) is 1. The average molecular weight is 285 g/mol. The van der Waals surface area contributed by atoms with Gasteiger partial charge in [0.15, 0.2) is 0 Å². The number of aromatic nitrogens is 2. The second-order valence-corrected chi connectivity index (χ2v) is 5.27. The first kappa shape index (κ1) is 13.8. The van der Waals surface area contributed by atoms with Crippen LogP contribution in [0.5, 0.6) is 0 Å².